The molecule has 0 spiro atoms. The molecule has 13 heavy (non-hydrogen) atoms. The molecule has 70 valence electrons. The summed E-state index contributed by atoms with van der Waals surface area (Å²) >= 11 is 0. The van der Waals surface area contributed by atoms with Crippen LogP contribution in [0.5, 0.6) is 0 Å². The van der Waals surface area contributed by atoms with Crippen LogP contribution in [0.3, 0.4) is 0 Å². The minimum Gasteiger partial charge on any atom is -0.325 e. The Balaban J connectivity index is 2.01. The van der Waals surface area contributed by atoms with Gasteiger partial charge in [-0.25, -0.2) is 9.97 Å². The summed E-state index contributed by atoms with van der Waals surface area (Å²) in [5.41, 5.74) is 6.41. The highest BCUT2D eigenvalue weighted by Crippen LogP contribution is 2.09. The third kappa shape index (κ3) is 2.02. The monoisotopic (exact) mass is 178 g/mol. The van der Waals surface area contributed by atoms with Crippen LogP contribution in [0.15, 0.2) is 12.3 Å². The molecule has 0 unspecified atom stereocenters. The van der Waals surface area contributed by atoms with Gasteiger partial charge in [-0.3, -0.25) is 4.90 Å². The van der Waals surface area contributed by atoms with E-state index >= 15 is 0 Å². The van der Waals surface area contributed by atoms with Gasteiger partial charge in [-0.15, -0.1) is 0 Å². The summed E-state index contributed by atoms with van der Waals surface area (Å²) in [6, 6.07) is 1.86. The van der Waals surface area contributed by atoms with Gasteiger partial charge in [0.2, 0.25) is 0 Å². The molecule has 4 nitrogen and oxygen atoms in total. The fourth-order valence-corrected chi connectivity index (χ4v) is 1.37. The van der Waals surface area contributed by atoms with Crippen LogP contribution in [0.2, 0.25) is 0 Å². The smallest absolute Gasteiger partial charge is 0.142 e. The molecule has 2 N–H and O–H groups in total. The molecule has 2 rings (SSSR count). The number of nitrogens with two attached hydrogens (primary N) is 1. The molecular formula is C9H14N4. The lowest BCUT2D eigenvalue weighted by Crippen LogP contribution is -2.36. The first kappa shape index (κ1) is 8.59. The standard InChI is InChI=1S/C9H14N4/c10-6-8-2-3-11-9(12-8)7-13-4-1-5-13/h2-3H,1,4-7,10H2. The van der Waals surface area contributed by atoms with Crippen molar-refractivity contribution >= 4 is 0 Å². The van der Waals surface area contributed by atoms with Crippen LogP contribution in [0.4, 0.5) is 0 Å². The van der Waals surface area contributed by atoms with Gasteiger partial charge in [-0.2, -0.15) is 0 Å². The summed E-state index contributed by atoms with van der Waals surface area (Å²) in [5.74, 6) is 0.891. The zero-order chi connectivity index (χ0) is 9.10. The van der Waals surface area contributed by atoms with Crippen LogP contribution in [-0.4, -0.2) is 28.0 Å². The topological polar surface area (TPSA) is 55.0 Å². The van der Waals surface area contributed by atoms with E-state index in [0.29, 0.717) is 6.54 Å². The van der Waals surface area contributed by atoms with Gasteiger partial charge in [0.1, 0.15) is 5.82 Å². The van der Waals surface area contributed by atoms with E-state index in [4.69, 9.17) is 5.73 Å². The molecule has 1 fully saturated rings. The van der Waals surface area contributed by atoms with E-state index in [1.54, 1.807) is 6.20 Å². The van der Waals surface area contributed by atoms with E-state index in [-0.39, 0.29) is 0 Å². The highest BCUT2D eigenvalue weighted by atomic mass is 15.2. The molecule has 1 aromatic rings. The minimum atomic E-state index is 0.496. The Morgan fingerprint density at radius 2 is 2.31 bits per heavy atom. The fourth-order valence-electron chi connectivity index (χ4n) is 1.37. The van der Waals surface area contributed by atoms with Crippen LogP contribution in [0.1, 0.15) is 17.9 Å². The van der Waals surface area contributed by atoms with E-state index in [9.17, 15) is 0 Å². The van der Waals surface area contributed by atoms with Gasteiger partial charge in [-0.1, -0.05) is 0 Å². The van der Waals surface area contributed by atoms with Crippen molar-refractivity contribution in [1.82, 2.24) is 14.9 Å². The Labute approximate surface area is 77.8 Å². The SMILES string of the molecule is NCc1ccnc(CN2CCC2)n1. The van der Waals surface area contributed by atoms with Gasteiger partial charge in [0, 0.05) is 12.7 Å². The summed E-state index contributed by atoms with van der Waals surface area (Å²) in [7, 11) is 0. The lowest BCUT2D eigenvalue weighted by molar-refractivity contribution is 0.168. The maximum Gasteiger partial charge on any atom is 0.142 e. The third-order valence-electron chi connectivity index (χ3n) is 2.29. The molecule has 1 aliphatic heterocycles. The van der Waals surface area contributed by atoms with E-state index < -0.39 is 0 Å². The molecule has 0 atom stereocenters. The van der Waals surface area contributed by atoms with Crippen molar-refractivity contribution in [1.29, 1.82) is 0 Å². The lowest BCUT2D eigenvalue weighted by atomic mass is 10.2. The second-order valence-corrected chi connectivity index (χ2v) is 3.30. The first-order chi connectivity index (χ1) is 6.38. The Kier molecular flexibility index (Phi) is 2.52. The van der Waals surface area contributed by atoms with Crippen molar-refractivity contribution in [3.8, 4) is 0 Å². The second-order valence-electron chi connectivity index (χ2n) is 3.30. The predicted octanol–water partition coefficient (Wildman–Crippen LogP) is 0.141. The normalized spacial score (nSPS) is 17.0. The van der Waals surface area contributed by atoms with Crippen LogP contribution >= 0.6 is 0 Å². The fraction of sp³-hybridized carbons (Fsp3) is 0.556. The molecular weight excluding hydrogens is 164 g/mol. The van der Waals surface area contributed by atoms with Crippen LogP contribution in [0, 0.1) is 0 Å². The highest BCUT2D eigenvalue weighted by molar-refractivity contribution is 5.01. The average molecular weight is 178 g/mol. The molecule has 1 aliphatic rings. The van der Waals surface area contributed by atoms with Crippen molar-refractivity contribution in [3.63, 3.8) is 0 Å². The number of nitrogens with zero attached hydrogens (tertiary/aromatic N) is 3. The first-order valence-electron chi connectivity index (χ1n) is 4.62. The summed E-state index contributed by atoms with van der Waals surface area (Å²) in [6.45, 7) is 3.72. The molecule has 0 saturated carbocycles. The lowest BCUT2D eigenvalue weighted by Gasteiger charge is -2.29. The van der Waals surface area contributed by atoms with Crippen molar-refractivity contribution < 1.29 is 0 Å². The first-order valence-corrected chi connectivity index (χ1v) is 4.62. The van der Waals surface area contributed by atoms with E-state index in [1.807, 2.05) is 6.07 Å². The van der Waals surface area contributed by atoms with Crippen LogP contribution in [0.25, 0.3) is 0 Å². The maximum atomic E-state index is 5.49. The zero-order valence-electron chi connectivity index (χ0n) is 7.61. The molecule has 1 aromatic heterocycles. The Hall–Kier alpha value is -1.00. The van der Waals surface area contributed by atoms with Crippen molar-refractivity contribution in [3.05, 3.63) is 23.8 Å². The molecule has 2 heterocycles. The predicted molar refractivity (Wildman–Crippen MR) is 49.8 cm³/mol. The van der Waals surface area contributed by atoms with Gasteiger partial charge < -0.3 is 5.73 Å². The number of rotatable bonds is 3. The quantitative estimate of drug-likeness (QED) is 0.715. The van der Waals surface area contributed by atoms with Crippen molar-refractivity contribution in [2.24, 2.45) is 5.73 Å². The minimum absolute atomic E-state index is 0.496. The molecule has 0 aromatic carbocycles. The molecule has 0 radical (unpaired) electrons. The number of likely N-dealkylation sites (tertiary alicyclic amines) is 1. The van der Waals surface area contributed by atoms with Crippen LogP contribution < -0.4 is 5.73 Å². The highest BCUT2D eigenvalue weighted by Gasteiger charge is 2.14. The van der Waals surface area contributed by atoms with E-state index in [0.717, 1.165) is 18.1 Å². The molecule has 1 saturated heterocycles. The summed E-state index contributed by atoms with van der Waals surface area (Å²) < 4.78 is 0. The average Bonchev–Trinajstić information content (AvgIpc) is 2.12. The van der Waals surface area contributed by atoms with Gasteiger partial charge in [0.25, 0.3) is 0 Å². The zero-order valence-corrected chi connectivity index (χ0v) is 7.61. The molecule has 0 aliphatic carbocycles. The Morgan fingerprint density at radius 3 is 2.92 bits per heavy atom. The number of hydrogen-bond acceptors (Lipinski definition) is 4. The van der Waals surface area contributed by atoms with Gasteiger partial charge >= 0.3 is 0 Å². The van der Waals surface area contributed by atoms with Crippen molar-refractivity contribution in [2.45, 2.75) is 19.5 Å². The molecule has 0 amide bonds. The van der Waals surface area contributed by atoms with Gasteiger partial charge in [0.05, 0.1) is 12.2 Å². The second kappa shape index (κ2) is 3.81. The third-order valence-corrected chi connectivity index (χ3v) is 2.29. The summed E-state index contributed by atoms with van der Waals surface area (Å²) in [6.07, 6.45) is 3.08. The molecule has 0 bridgehead atoms. The number of hydrogen-bond donors (Lipinski definition) is 1. The largest absolute Gasteiger partial charge is 0.325 e. The summed E-state index contributed by atoms with van der Waals surface area (Å²) in [5, 5.41) is 0. The Bertz CT molecular complexity index is 283. The Morgan fingerprint density at radius 1 is 1.46 bits per heavy atom. The van der Waals surface area contributed by atoms with Crippen molar-refractivity contribution in [2.75, 3.05) is 13.1 Å². The van der Waals surface area contributed by atoms with Gasteiger partial charge in [-0.05, 0) is 25.6 Å². The van der Waals surface area contributed by atoms with Crippen LogP contribution in [-0.2, 0) is 13.1 Å². The van der Waals surface area contributed by atoms with E-state index in [1.165, 1.54) is 19.5 Å². The molecule has 4 heteroatoms. The number of aromatic nitrogens is 2. The van der Waals surface area contributed by atoms with E-state index in [2.05, 4.69) is 14.9 Å². The van der Waals surface area contributed by atoms with Gasteiger partial charge in [0.15, 0.2) is 0 Å². The maximum absolute atomic E-state index is 5.49. The summed E-state index contributed by atoms with van der Waals surface area (Å²) in [4.78, 5) is 10.9.